The summed E-state index contributed by atoms with van der Waals surface area (Å²) in [6.07, 6.45) is 0. The second-order valence-corrected chi connectivity index (χ2v) is 12.4. The predicted octanol–water partition coefficient (Wildman–Crippen LogP) is 10.7. The SMILES string of the molecule is CC1(C)c2ccccc2-c2ccc3c(oc4c(-c5ccc(-c6nc(-c7ccccc7)nc(-c7ccccc7)n6)cc5)cccc43)c21. The number of para-hydroxylation sites is 1. The number of rotatable bonds is 4. The highest BCUT2D eigenvalue weighted by Crippen LogP contribution is 2.52. The van der Waals surface area contributed by atoms with E-state index >= 15 is 0 Å². The average molecular weight is 592 g/mol. The standard InChI is InChI=1S/C42H29N3O/c1-42(2)35-19-10-9-16-31(35)32-24-25-34-33-18-11-17-30(37(33)46-38(34)36(32)42)26-20-22-29(23-21-26)41-44-39(27-12-5-3-6-13-27)43-40(45-41)28-14-7-4-8-15-28/h3-25H,1-2H3. The lowest BCUT2D eigenvalue weighted by atomic mass is 9.82. The van der Waals surface area contributed by atoms with Crippen molar-refractivity contribution >= 4 is 21.9 Å². The van der Waals surface area contributed by atoms with Gasteiger partial charge in [-0.25, -0.2) is 15.0 Å². The van der Waals surface area contributed by atoms with Gasteiger partial charge in [-0.15, -0.1) is 0 Å². The van der Waals surface area contributed by atoms with Crippen molar-refractivity contribution in [2.24, 2.45) is 0 Å². The van der Waals surface area contributed by atoms with E-state index in [4.69, 9.17) is 19.4 Å². The Labute approximate surface area is 267 Å². The van der Waals surface area contributed by atoms with E-state index in [1.165, 1.54) is 22.3 Å². The van der Waals surface area contributed by atoms with Gasteiger partial charge in [0, 0.05) is 44.0 Å². The molecule has 9 rings (SSSR count). The van der Waals surface area contributed by atoms with E-state index in [1.807, 2.05) is 60.7 Å². The van der Waals surface area contributed by atoms with Crippen molar-refractivity contribution in [2.45, 2.75) is 19.3 Å². The van der Waals surface area contributed by atoms with Crippen molar-refractivity contribution in [3.8, 4) is 56.4 Å². The molecule has 0 aliphatic heterocycles. The second kappa shape index (κ2) is 10.1. The Kier molecular flexibility index (Phi) is 5.81. The predicted molar refractivity (Wildman–Crippen MR) is 186 cm³/mol. The molecule has 0 saturated heterocycles. The molecule has 2 heterocycles. The summed E-state index contributed by atoms with van der Waals surface area (Å²) in [5, 5.41) is 2.28. The van der Waals surface area contributed by atoms with Gasteiger partial charge in [0.2, 0.25) is 0 Å². The van der Waals surface area contributed by atoms with Gasteiger partial charge in [-0.2, -0.15) is 0 Å². The third kappa shape index (κ3) is 4.04. The fourth-order valence-electron chi connectivity index (χ4n) is 7.07. The van der Waals surface area contributed by atoms with Crippen LogP contribution in [-0.4, -0.2) is 15.0 Å². The van der Waals surface area contributed by atoms with Gasteiger partial charge < -0.3 is 4.42 Å². The molecular weight excluding hydrogens is 562 g/mol. The molecule has 0 amide bonds. The molecule has 2 aromatic heterocycles. The van der Waals surface area contributed by atoms with Crippen LogP contribution >= 0.6 is 0 Å². The molecule has 1 aliphatic carbocycles. The summed E-state index contributed by atoms with van der Waals surface area (Å²) in [7, 11) is 0. The smallest absolute Gasteiger partial charge is 0.164 e. The lowest BCUT2D eigenvalue weighted by Crippen LogP contribution is -2.15. The first kappa shape index (κ1) is 26.5. The maximum absolute atomic E-state index is 6.86. The molecule has 0 saturated carbocycles. The van der Waals surface area contributed by atoms with Gasteiger partial charge in [-0.1, -0.05) is 147 Å². The normalized spacial score (nSPS) is 13.2. The third-order valence-electron chi connectivity index (χ3n) is 9.34. The quantitative estimate of drug-likeness (QED) is 0.204. The van der Waals surface area contributed by atoms with Crippen molar-refractivity contribution in [1.82, 2.24) is 15.0 Å². The van der Waals surface area contributed by atoms with Crippen LogP contribution in [0.4, 0.5) is 0 Å². The maximum Gasteiger partial charge on any atom is 0.164 e. The van der Waals surface area contributed by atoms with Crippen molar-refractivity contribution < 1.29 is 4.42 Å². The Bertz CT molecular complexity index is 2370. The molecule has 0 fully saturated rings. The minimum Gasteiger partial charge on any atom is -0.455 e. The Balaban J connectivity index is 1.16. The lowest BCUT2D eigenvalue weighted by Gasteiger charge is -2.21. The zero-order valence-corrected chi connectivity index (χ0v) is 25.5. The Morgan fingerprint density at radius 3 is 1.59 bits per heavy atom. The van der Waals surface area contributed by atoms with Crippen molar-refractivity contribution in [3.05, 3.63) is 151 Å². The maximum atomic E-state index is 6.86. The van der Waals surface area contributed by atoms with E-state index < -0.39 is 0 Å². The summed E-state index contributed by atoms with van der Waals surface area (Å²) in [4.78, 5) is 14.6. The molecule has 1 aliphatic rings. The third-order valence-corrected chi connectivity index (χ3v) is 9.34. The van der Waals surface area contributed by atoms with Crippen LogP contribution < -0.4 is 0 Å². The molecule has 0 radical (unpaired) electrons. The Morgan fingerprint density at radius 1 is 0.413 bits per heavy atom. The summed E-state index contributed by atoms with van der Waals surface area (Å²) in [6, 6.07) is 48.2. The van der Waals surface area contributed by atoms with Crippen LogP contribution in [0.25, 0.3) is 78.4 Å². The second-order valence-electron chi connectivity index (χ2n) is 12.4. The molecule has 218 valence electrons. The first-order chi connectivity index (χ1) is 22.6. The summed E-state index contributed by atoms with van der Waals surface area (Å²) in [5.74, 6) is 1.94. The minimum atomic E-state index is -0.150. The number of fused-ring (bicyclic) bond motifs is 7. The van der Waals surface area contributed by atoms with Crippen LogP contribution in [0, 0.1) is 0 Å². The molecule has 0 N–H and O–H groups in total. The van der Waals surface area contributed by atoms with Crippen LogP contribution in [0.15, 0.2) is 144 Å². The van der Waals surface area contributed by atoms with Gasteiger partial charge in [0.15, 0.2) is 17.5 Å². The highest BCUT2D eigenvalue weighted by Gasteiger charge is 2.38. The van der Waals surface area contributed by atoms with Crippen LogP contribution in [0.3, 0.4) is 0 Å². The topological polar surface area (TPSA) is 51.8 Å². The average Bonchev–Trinajstić information content (AvgIpc) is 3.61. The lowest BCUT2D eigenvalue weighted by molar-refractivity contribution is 0.620. The molecule has 0 unspecified atom stereocenters. The number of furan rings is 1. The van der Waals surface area contributed by atoms with E-state index in [9.17, 15) is 0 Å². The van der Waals surface area contributed by atoms with Crippen molar-refractivity contribution in [1.29, 1.82) is 0 Å². The van der Waals surface area contributed by atoms with E-state index in [-0.39, 0.29) is 5.41 Å². The van der Waals surface area contributed by atoms with Gasteiger partial charge in [0.05, 0.1) is 0 Å². The van der Waals surface area contributed by atoms with Crippen molar-refractivity contribution in [3.63, 3.8) is 0 Å². The molecular formula is C42H29N3O. The number of hydrogen-bond acceptors (Lipinski definition) is 4. The molecule has 0 atom stereocenters. The Hall–Kier alpha value is -5.87. The largest absolute Gasteiger partial charge is 0.455 e. The summed E-state index contributed by atoms with van der Waals surface area (Å²) in [5.41, 5.74) is 11.9. The molecule has 8 aromatic rings. The molecule has 0 spiro atoms. The highest BCUT2D eigenvalue weighted by molar-refractivity contribution is 6.12. The molecule has 0 bridgehead atoms. The van der Waals surface area contributed by atoms with Gasteiger partial charge in [0.1, 0.15) is 11.2 Å². The first-order valence-corrected chi connectivity index (χ1v) is 15.6. The fraction of sp³-hybridized carbons (Fsp3) is 0.0714. The monoisotopic (exact) mass is 591 g/mol. The zero-order valence-electron chi connectivity index (χ0n) is 25.5. The van der Waals surface area contributed by atoms with Crippen LogP contribution in [0.2, 0.25) is 0 Å². The number of nitrogens with zero attached hydrogens (tertiary/aromatic N) is 3. The van der Waals surface area contributed by atoms with Crippen molar-refractivity contribution in [2.75, 3.05) is 0 Å². The minimum absolute atomic E-state index is 0.150. The molecule has 6 aromatic carbocycles. The molecule has 4 nitrogen and oxygen atoms in total. The van der Waals surface area contributed by atoms with Crippen LogP contribution in [0.5, 0.6) is 0 Å². The van der Waals surface area contributed by atoms with Gasteiger partial charge in [-0.05, 0) is 28.3 Å². The summed E-state index contributed by atoms with van der Waals surface area (Å²) >= 11 is 0. The number of hydrogen-bond donors (Lipinski definition) is 0. The molecule has 4 heteroatoms. The highest BCUT2D eigenvalue weighted by atomic mass is 16.3. The zero-order chi connectivity index (χ0) is 30.8. The first-order valence-electron chi connectivity index (χ1n) is 15.6. The van der Waals surface area contributed by atoms with E-state index in [1.54, 1.807) is 0 Å². The van der Waals surface area contributed by atoms with Crippen LogP contribution in [-0.2, 0) is 5.41 Å². The van der Waals surface area contributed by atoms with E-state index in [2.05, 4.69) is 92.7 Å². The van der Waals surface area contributed by atoms with E-state index in [0.29, 0.717) is 17.5 Å². The van der Waals surface area contributed by atoms with Crippen LogP contribution in [0.1, 0.15) is 25.0 Å². The van der Waals surface area contributed by atoms with Gasteiger partial charge in [-0.3, -0.25) is 0 Å². The summed E-state index contributed by atoms with van der Waals surface area (Å²) in [6.45, 7) is 4.61. The number of benzene rings is 6. The summed E-state index contributed by atoms with van der Waals surface area (Å²) < 4.78 is 6.86. The fourth-order valence-corrected chi connectivity index (χ4v) is 7.07. The van der Waals surface area contributed by atoms with Gasteiger partial charge in [0.25, 0.3) is 0 Å². The molecule has 46 heavy (non-hydrogen) atoms. The van der Waals surface area contributed by atoms with Gasteiger partial charge >= 0.3 is 0 Å². The van der Waals surface area contributed by atoms with E-state index in [0.717, 1.165) is 49.8 Å². The number of aromatic nitrogens is 3. The Morgan fingerprint density at radius 2 is 0.935 bits per heavy atom.